The van der Waals surface area contributed by atoms with Crippen LogP contribution in [0.15, 0.2) is 54.9 Å². The Bertz CT molecular complexity index is 1430. The average molecular weight is 420 g/mol. The summed E-state index contributed by atoms with van der Waals surface area (Å²) in [6.45, 7) is 4.54. The molecule has 0 aliphatic heterocycles. The fourth-order valence-corrected chi connectivity index (χ4v) is 3.53. The molecule has 0 radical (unpaired) electrons. The molecule has 5 rings (SSSR count). The van der Waals surface area contributed by atoms with E-state index >= 15 is 0 Å². The molecule has 0 spiro atoms. The number of hydrogen-bond donors (Lipinski definition) is 1. The molecule has 0 amide bonds. The number of aromatic amines is 1. The number of aromatic nitrogens is 6. The number of fused-ring (bicyclic) bond motifs is 2. The van der Waals surface area contributed by atoms with Crippen LogP contribution in [0.1, 0.15) is 25.3 Å². The van der Waals surface area contributed by atoms with Crippen molar-refractivity contribution >= 4 is 22.2 Å². The van der Waals surface area contributed by atoms with Gasteiger partial charge in [0.05, 0.1) is 11.2 Å². The number of rotatable bonds is 5. The number of H-pyrrole nitrogens is 1. The Morgan fingerprint density at radius 3 is 2.56 bits per heavy atom. The van der Waals surface area contributed by atoms with Crippen molar-refractivity contribution in [3.05, 3.63) is 60.4 Å². The third-order valence-electron chi connectivity index (χ3n) is 5.19. The highest BCUT2D eigenvalue weighted by Crippen LogP contribution is 2.32. The molecule has 1 N–H and O–H groups in total. The Kier molecular flexibility index (Phi) is 4.96. The van der Waals surface area contributed by atoms with E-state index < -0.39 is 0 Å². The summed E-state index contributed by atoms with van der Waals surface area (Å²) in [5.74, 6) is 4.59. The Hall–Kier alpha value is -4.31. The van der Waals surface area contributed by atoms with Crippen LogP contribution in [-0.2, 0) is 0 Å². The zero-order valence-corrected chi connectivity index (χ0v) is 17.7. The summed E-state index contributed by atoms with van der Waals surface area (Å²) in [7, 11) is 0. The van der Waals surface area contributed by atoms with Crippen LogP contribution in [0.2, 0.25) is 0 Å². The van der Waals surface area contributed by atoms with Crippen molar-refractivity contribution < 1.29 is 4.74 Å². The summed E-state index contributed by atoms with van der Waals surface area (Å²) in [5.41, 5.74) is 4.91. The molecule has 0 saturated carbocycles. The van der Waals surface area contributed by atoms with Crippen molar-refractivity contribution in [2.45, 2.75) is 19.8 Å². The van der Waals surface area contributed by atoms with E-state index in [-0.39, 0.29) is 6.61 Å². The minimum atomic E-state index is 0.196. The molecule has 3 aromatic heterocycles. The lowest BCUT2D eigenvalue weighted by atomic mass is 9.99. The van der Waals surface area contributed by atoms with Crippen molar-refractivity contribution in [2.75, 3.05) is 6.61 Å². The zero-order valence-electron chi connectivity index (χ0n) is 17.7. The van der Waals surface area contributed by atoms with Gasteiger partial charge >= 0.3 is 0 Å². The number of nitrogens with one attached hydrogen (secondary N) is 1. The molecule has 0 aliphatic carbocycles. The number of benzene rings is 2. The summed E-state index contributed by atoms with van der Waals surface area (Å²) >= 11 is 0. The summed E-state index contributed by atoms with van der Waals surface area (Å²) in [6, 6.07) is 14.1. The Balaban J connectivity index is 1.70. The average Bonchev–Trinajstić information content (AvgIpc) is 3.26. The molecule has 0 atom stereocenters. The van der Waals surface area contributed by atoms with Crippen LogP contribution in [0.25, 0.3) is 45.1 Å². The summed E-state index contributed by atoms with van der Waals surface area (Å²) in [5, 5.41) is 0.868. The van der Waals surface area contributed by atoms with Gasteiger partial charge in [-0.2, -0.15) is 0 Å². The van der Waals surface area contributed by atoms with Gasteiger partial charge in [-0.25, -0.2) is 24.9 Å². The first kappa shape index (κ1) is 19.6. The van der Waals surface area contributed by atoms with E-state index in [4.69, 9.17) is 21.1 Å². The highest BCUT2D eigenvalue weighted by atomic mass is 16.5. The normalized spacial score (nSPS) is 11.2. The van der Waals surface area contributed by atoms with E-state index in [1.165, 1.54) is 5.56 Å². The second-order valence-electron chi connectivity index (χ2n) is 7.66. The third-order valence-corrected chi connectivity index (χ3v) is 5.19. The standard InChI is InChI=1S/C25H20N6O/c1-4-13-32-18-9-10-20-19(14-18)21(17-7-5-16(6-8-17)15(2)3)29-24(28-20)25-30-22-23(31-25)27-12-11-26-22/h1,5-12,14-15H,13H2,2-3H3,(H,26,27,30,31). The van der Waals surface area contributed by atoms with Gasteiger partial charge in [0.1, 0.15) is 12.4 Å². The predicted molar refractivity (Wildman–Crippen MR) is 124 cm³/mol. The minimum Gasteiger partial charge on any atom is -0.481 e. The highest BCUT2D eigenvalue weighted by molar-refractivity contribution is 5.94. The first-order valence-electron chi connectivity index (χ1n) is 10.3. The largest absolute Gasteiger partial charge is 0.481 e. The lowest BCUT2D eigenvalue weighted by Crippen LogP contribution is -1.98. The van der Waals surface area contributed by atoms with Crippen LogP contribution >= 0.6 is 0 Å². The van der Waals surface area contributed by atoms with E-state index in [9.17, 15) is 0 Å². The molecule has 0 fully saturated rings. The third kappa shape index (κ3) is 3.63. The van der Waals surface area contributed by atoms with Crippen molar-refractivity contribution in [3.8, 4) is 41.0 Å². The van der Waals surface area contributed by atoms with Crippen LogP contribution < -0.4 is 4.74 Å². The first-order valence-corrected chi connectivity index (χ1v) is 10.3. The van der Waals surface area contributed by atoms with Crippen LogP contribution in [0.3, 0.4) is 0 Å². The fraction of sp³-hybridized carbons (Fsp3) is 0.160. The molecule has 5 aromatic rings. The first-order chi connectivity index (χ1) is 15.6. The molecule has 0 aliphatic rings. The monoisotopic (exact) mass is 420 g/mol. The van der Waals surface area contributed by atoms with Gasteiger partial charge in [0, 0.05) is 23.3 Å². The van der Waals surface area contributed by atoms with E-state index in [0.29, 0.717) is 34.6 Å². The Morgan fingerprint density at radius 2 is 1.81 bits per heavy atom. The van der Waals surface area contributed by atoms with E-state index in [1.54, 1.807) is 12.4 Å². The van der Waals surface area contributed by atoms with Gasteiger partial charge in [0.25, 0.3) is 0 Å². The van der Waals surface area contributed by atoms with Gasteiger partial charge in [-0.05, 0) is 29.7 Å². The SMILES string of the molecule is C#CCOc1ccc2nc(-c3nc4nccnc4[nH]3)nc(-c3ccc(C(C)C)cc3)c2c1. The quantitative estimate of drug-likeness (QED) is 0.412. The van der Waals surface area contributed by atoms with E-state index in [1.807, 2.05) is 18.2 Å². The number of terminal acetylenes is 1. The maximum Gasteiger partial charge on any atom is 0.197 e. The van der Waals surface area contributed by atoms with E-state index in [0.717, 1.165) is 22.2 Å². The minimum absolute atomic E-state index is 0.196. The summed E-state index contributed by atoms with van der Waals surface area (Å²) in [4.78, 5) is 25.8. The molecule has 2 aromatic carbocycles. The molecular weight excluding hydrogens is 400 g/mol. The van der Waals surface area contributed by atoms with Crippen molar-refractivity contribution in [3.63, 3.8) is 0 Å². The lowest BCUT2D eigenvalue weighted by molar-refractivity contribution is 0.371. The van der Waals surface area contributed by atoms with Gasteiger partial charge in [0.2, 0.25) is 0 Å². The van der Waals surface area contributed by atoms with Gasteiger partial charge < -0.3 is 9.72 Å². The van der Waals surface area contributed by atoms with Crippen molar-refractivity contribution in [1.82, 2.24) is 29.9 Å². The van der Waals surface area contributed by atoms with Crippen LogP contribution in [-0.4, -0.2) is 36.5 Å². The van der Waals surface area contributed by atoms with Crippen LogP contribution in [0, 0.1) is 12.3 Å². The van der Waals surface area contributed by atoms with Gasteiger partial charge in [-0.15, -0.1) is 6.42 Å². The molecule has 0 bridgehead atoms. The van der Waals surface area contributed by atoms with Gasteiger partial charge in [-0.3, -0.25) is 0 Å². The second kappa shape index (κ2) is 8.08. The number of hydrogen-bond acceptors (Lipinski definition) is 6. The number of imidazole rings is 1. The predicted octanol–water partition coefficient (Wildman–Crippen LogP) is 4.77. The molecule has 0 saturated heterocycles. The fourth-order valence-electron chi connectivity index (χ4n) is 3.53. The van der Waals surface area contributed by atoms with E-state index in [2.05, 4.69) is 64.0 Å². The molecule has 32 heavy (non-hydrogen) atoms. The smallest absolute Gasteiger partial charge is 0.197 e. The molecule has 7 nitrogen and oxygen atoms in total. The lowest BCUT2D eigenvalue weighted by Gasteiger charge is -2.11. The number of ether oxygens (including phenoxy) is 1. The summed E-state index contributed by atoms with van der Waals surface area (Å²) in [6.07, 6.45) is 8.57. The molecule has 156 valence electrons. The Labute approximate surface area is 185 Å². The van der Waals surface area contributed by atoms with Gasteiger partial charge in [-0.1, -0.05) is 44.0 Å². The molecular formula is C25H20N6O. The molecule has 7 heteroatoms. The molecule has 0 unspecified atom stereocenters. The second-order valence-corrected chi connectivity index (χ2v) is 7.66. The molecule has 3 heterocycles. The van der Waals surface area contributed by atoms with Crippen molar-refractivity contribution in [2.24, 2.45) is 0 Å². The van der Waals surface area contributed by atoms with Gasteiger partial charge in [0.15, 0.2) is 22.9 Å². The van der Waals surface area contributed by atoms with Crippen LogP contribution in [0.5, 0.6) is 5.75 Å². The van der Waals surface area contributed by atoms with Crippen molar-refractivity contribution in [1.29, 1.82) is 0 Å². The summed E-state index contributed by atoms with van der Waals surface area (Å²) < 4.78 is 5.63. The van der Waals surface area contributed by atoms with Crippen LogP contribution in [0.4, 0.5) is 0 Å². The maximum atomic E-state index is 5.63. The Morgan fingerprint density at radius 1 is 1.00 bits per heavy atom. The maximum absolute atomic E-state index is 5.63. The zero-order chi connectivity index (χ0) is 22.1. The highest BCUT2D eigenvalue weighted by Gasteiger charge is 2.16. The topological polar surface area (TPSA) is 89.5 Å². The number of nitrogens with zero attached hydrogens (tertiary/aromatic N) is 5.